The van der Waals surface area contributed by atoms with E-state index in [-0.39, 0.29) is 11.9 Å². The normalized spacial score (nSPS) is 17.4. The van der Waals surface area contributed by atoms with E-state index in [1.54, 1.807) is 18.9 Å². The number of carbonyl (C=O) groups excluding carboxylic acids is 1. The third-order valence-electron chi connectivity index (χ3n) is 4.95. The van der Waals surface area contributed by atoms with Crippen LogP contribution in [-0.2, 0) is 6.54 Å². The number of hydrogen-bond acceptors (Lipinski definition) is 4. The summed E-state index contributed by atoms with van der Waals surface area (Å²) in [5.74, 6) is 0.102. The molecule has 1 aliphatic rings. The van der Waals surface area contributed by atoms with Crippen molar-refractivity contribution in [2.45, 2.75) is 38.3 Å². The van der Waals surface area contributed by atoms with Gasteiger partial charge in [0, 0.05) is 42.8 Å². The minimum Gasteiger partial charge on any atom is -0.336 e. The minimum absolute atomic E-state index is 0.102. The molecule has 1 aliphatic heterocycles. The SMILES string of the molecule is O=C(c1cccc(-n2cnnc2)c1)N1CCCCC1CCn1cccn1. The minimum atomic E-state index is 0.102. The summed E-state index contributed by atoms with van der Waals surface area (Å²) in [4.78, 5) is 15.2. The van der Waals surface area contributed by atoms with E-state index < -0.39 is 0 Å². The second-order valence-corrected chi connectivity index (χ2v) is 6.63. The summed E-state index contributed by atoms with van der Waals surface area (Å²) < 4.78 is 3.74. The van der Waals surface area contributed by atoms with Crippen LogP contribution in [0.2, 0.25) is 0 Å². The summed E-state index contributed by atoms with van der Waals surface area (Å²) in [6.07, 6.45) is 11.3. The van der Waals surface area contributed by atoms with Crippen molar-refractivity contribution in [1.29, 1.82) is 0 Å². The molecule has 134 valence electrons. The van der Waals surface area contributed by atoms with Gasteiger partial charge >= 0.3 is 0 Å². The monoisotopic (exact) mass is 350 g/mol. The highest BCUT2D eigenvalue weighted by Crippen LogP contribution is 2.23. The molecular formula is C19H22N6O. The molecule has 3 heterocycles. The lowest BCUT2D eigenvalue weighted by molar-refractivity contribution is 0.0594. The van der Waals surface area contributed by atoms with E-state index in [9.17, 15) is 4.79 Å². The van der Waals surface area contributed by atoms with Gasteiger partial charge < -0.3 is 4.90 Å². The van der Waals surface area contributed by atoms with Crippen LogP contribution in [-0.4, -0.2) is 47.9 Å². The zero-order valence-electron chi connectivity index (χ0n) is 14.6. The molecule has 2 aromatic heterocycles. The maximum absolute atomic E-state index is 13.2. The maximum Gasteiger partial charge on any atom is 0.254 e. The molecule has 26 heavy (non-hydrogen) atoms. The molecule has 0 saturated carbocycles. The number of likely N-dealkylation sites (tertiary alicyclic amines) is 1. The standard InChI is InChI=1S/C19H22N6O/c26-19(16-5-3-7-18(13-16)23-14-20-21-15-23)25-11-2-1-6-17(25)8-12-24-10-4-9-22-24/h3-5,7,9-10,13-15,17H,1-2,6,8,11-12H2. The van der Waals surface area contributed by atoms with Gasteiger partial charge in [0.05, 0.1) is 0 Å². The molecule has 0 radical (unpaired) electrons. The molecule has 0 spiro atoms. The van der Waals surface area contributed by atoms with Crippen LogP contribution in [0.15, 0.2) is 55.4 Å². The highest BCUT2D eigenvalue weighted by atomic mass is 16.2. The van der Waals surface area contributed by atoms with E-state index in [1.807, 2.05) is 50.7 Å². The summed E-state index contributed by atoms with van der Waals surface area (Å²) >= 11 is 0. The van der Waals surface area contributed by atoms with Gasteiger partial charge in [0.15, 0.2) is 0 Å². The zero-order valence-corrected chi connectivity index (χ0v) is 14.6. The number of piperidine rings is 1. The zero-order chi connectivity index (χ0) is 17.8. The molecule has 7 heteroatoms. The lowest BCUT2D eigenvalue weighted by Crippen LogP contribution is -2.44. The number of hydrogen-bond donors (Lipinski definition) is 0. The number of aromatic nitrogens is 5. The number of carbonyl (C=O) groups is 1. The van der Waals surface area contributed by atoms with Gasteiger partial charge in [-0.2, -0.15) is 5.10 Å². The van der Waals surface area contributed by atoms with Crippen molar-refractivity contribution >= 4 is 5.91 Å². The predicted molar refractivity (Wildman–Crippen MR) is 96.9 cm³/mol. The largest absolute Gasteiger partial charge is 0.336 e. The molecule has 4 rings (SSSR count). The molecule has 7 nitrogen and oxygen atoms in total. The van der Waals surface area contributed by atoms with Gasteiger partial charge in [0.1, 0.15) is 12.7 Å². The van der Waals surface area contributed by atoms with Crippen LogP contribution < -0.4 is 0 Å². The number of nitrogens with zero attached hydrogens (tertiary/aromatic N) is 6. The number of aryl methyl sites for hydroxylation is 1. The fourth-order valence-corrected chi connectivity index (χ4v) is 3.58. The van der Waals surface area contributed by atoms with Crippen LogP contribution >= 0.6 is 0 Å². The van der Waals surface area contributed by atoms with Gasteiger partial charge in [0.2, 0.25) is 0 Å². The van der Waals surface area contributed by atoms with Crippen molar-refractivity contribution < 1.29 is 4.79 Å². The summed E-state index contributed by atoms with van der Waals surface area (Å²) in [5.41, 5.74) is 1.60. The topological polar surface area (TPSA) is 68.8 Å². The highest BCUT2D eigenvalue weighted by molar-refractivity contribution is 5.95. The Labute approximate surface area is 152 Å². The van der Waals surface area contributed by atoms with Crippen molar-refractivity contribution in [1.82, 2.24) is 29.4 Å². The van der Waals surface area contributed by atoms with Gasteiger partial charge in [0.25, 0.3) is 5.91 Å². The lowest BCUT2D eigenvalue weighted by atomic mass is 9.98. The summed E-state index contributed by atoms with van der Waals surface area (Å²) in [6, 6.07) is 9.84. The van der Waals surface area contributed by atoms with Gasteiger partial charge in [-0.05, 0) is 49.9 Å². The Hall–Kier alpha value is -2.96. The Balaban J connectivity index is 1.50. The highest BCUT2D eigenvalue weighted by Gasteiger charge is 2.27. The second-order valence-electron chi connectivity index (χ2n) is 6.63. The molecule has 1 unspecified atom stereocenters. The Morgan fingerprint density at radius 2 is 2.04 bits per heavy atom. The van der Waals surface area contributed by atoms with Crippen LogP contribution in [0.1, 0.15) is 36.0 Å². The first-order chi connectivity index (χ1) is 12.8. The first-order valence-electron chi connectivity index (χ1n) is 9.05. The molecular weight excluding hydrogens is 328 g/mol. The van der Waals surface area contributed by atoms with Crippen molar-refractivity contribution in [3.8, 4) is 5.69 Å². The van der Waals surface area contributed by atoms with Gasteiger partial charge in [-0.3, -0.25) is 14.0 Å². The summed E-state index contributed by atoms with van der Waals surface area (Å²) in [7, 11) is 0. The second kappa shape index (κ2) is 7.51. The van der Waals surface area contributed by atoms with Crippen molar-refractivity contribution in [3.63, 3.8) is 0 Å². The quantitative estimate of drug-likeness (QED) is 0.709. The Morgan fingerprint density at radius 1 is 1.15 bits per heavy atom. The number of rotatable bonds is 5. The third-order valence-corrected chi connectivity index (χ3v) is 4.95. The third kappa shape index (κ3) is 3.51. The summed E-state index contributed by atoms with van der Waals surface area (Å²) in [5, 5.41) is 11.9. The van der Waals surface area contributed by atoms with Crippen LogP contribution in [0, 0.1) is 0 Å². The fraction of sp³-hybridized carbons (Fsp3) is 0.368. The predicted octanol–water partition coefficient (Wildman–Crippen LogP) is 2.55. The van der Waals surface area contributed by atoms with E-state index in [1.165, 1.54) is 6.42 Å². The first-order valence-corrected chi connectivity index (χ1v) is 9.05. The van der Waals surface area contributed by atoms with Gasteiger partial charge in [-0.15, -0.1) is 10.2 Å². The van der Waals surface area contributed by atoms with E-state index in [0.717, 1.165) is 38.0 Å². The molecule has 3 aromatic rings. The Bertz CT molecular complexity index is 843. The molecule has 1 amide bonds. The van der Waals surface area contributed by atoms with Crippen LogP contribution in [0.3, 0.4) is 0 Å². The molecule has 0 bridgehead atoms. The molecule has 0 aliphatic carbocycles. The van der Waals surface area contributed by atoms with E-state index >= 15 is 0 Å². The maximum atomic E-state index is 13.2. The number of benzene rings is 1. The first kappa shape index (κ1) is 16.5. The van der Waals surface area contributed by atoms with Gasteiger partial charge in [-0.25, -0.2) is 0 Å². The summed E-state index contributed by atoms with van der Waals surface area (Å²) in [6.45, 7) is 1.65. The van der Waals surface area contributed by atoms with E-state index in [4.69, 9.17) is 0 Å². The molecule has 0 N–H and O–H groups in total. The number of amides is 1. The average Bonchev–Trinajstić information content (AvgIpc) is 3.40. The van der Waals surface area contributed by atoms with Gasteiger partial charge in [-0.1, -0.05) is 6.07 Å². The fourth-order valence-electron chi connectivity index (χ4n) is 3.58. The van der Waals surface area contributed by atoms with Crippen LogP contribution in [0.5, 0.6) is 0 Å². The Morgan fingerprint density at radius 3 is 2.85 bits per heavy atom. The van der Waals surface area contributed by atoms with Crippen molar-refractivity contribution in [2.24, 2.45) is 0 Å². The Kier molecular flexibility index (Phi) is 4.77. The van der Waals surface area contributed by atoms with E-state index in [2.05, 4.69) is 15.3 Å². The van der Waals surface area contributed by atoms with Crippen molar-refractivity contribution in [3.05, 3.63) is 60.9 Å². The molecule has 1 saturated heterocycles. The van der Waals surface area contributed by atoms with Crippen LogP contribution in [0.4, 0.5) is 0 Å². The van der Waals surface area contributed by atoms with Crippen LogP contribution in [0.25, 0.3) is 5.69 Å². The smallest absolute Gasteiger partial charge is 0.254 e. The molecule has 1 aromatic carbocycles. The molecule has 1 atom stereocenters. The molecule has 1 fully saturated rings. The average molecular weight is 350 g/mol. The van der Waals surface area contributed by atoms with Crippen molar-refractivity contribution in [2.75, 3.05) is 6.54 Å². The lowest BCUT2D eigenvalue weighted by Gasteiger charge is -2.36. The van der Waals surface area contributed by atoms with E-state index in [0.29, 0.717) is 5.56 Å².